The van der Waals surface area contributed by atoms with E-state index in [1.165, 1.54) is 12.1 Å². The van der Waals surface area contributed by atoms with E-state index in [-0.39, 0.29) is 18.1 Å². The maximum absolute atomic E-state index is 12.9. The fraction of sp³-hybridized carbons (Fsp3) is 0.136. The van der Waals surface area contributed by atoms with Gasteiger partial charge in [-0.15, -0.1) is 0 Å². The number of amides is 1. The second kappa shape index (κ2) is 9.14. The average molecular weight is 400 g/mol. The van der Waals surface area contributed by atoms with Gasteiger partial charge < -0.3 is 15.4 Å². The minimum atomic E-state index is -4.44. The first kappa shape index (κ1) is 20.3. The van der Waals surface area contributed by atoms with Gasteiger partial charge in [-0.1, -0.05) is 36.4 Å². The minimum absolute atomic E-state index is 0.243. The molecule has 0 atom stereocenters. The fourth-order valence-corrected chi connectivity index (χ4v) is 2.66. The van der Waals surface area contributed by atoms with Gasteiger partial charge in [0, 0.05) is 5.69 Å². The highest BCUT2D eigenvalue weighted by Gasteiger charge is 2.30. The molecule has 0 aliphatic carbocycles. The Morgan fingerprint density at radius 2 is 1.62 bits per heavy atom. The van der Waals surface area contributed by atoms with Gasteiger partial charge in [-0.25, -0.2) is 0 Å². The van der Waals surface area contributed by atoms with Gasteiger partial charge in [0.05, 0.1) is 23.4 Å². The van der Waals surface area contributed by atoms with Gasteiger partial charge in [0.15, 0.2) is 0 Å². The molecule has 4 nitrogen and oxygen atoms in total. The van der Waals surface area contributed by atoms with Gasteiger partial charge in [-0.05, 0) is 42.5 Å². The van der Waals surface area contributed by atoms with Crippen molar-refractivity contribution in [2.24, 2.45) is 0 Å². The van der Waals surface area contributed by atoms with Crippen LogP contribution in [0.4, 0.5) is 24.5 Å². The van der Waals surface area contributed by atoms with Crippen LogP contribution < -0.4 is 15.4 Å². The zero-order valence-corrected chi connectivity index (χ0v) is 15.4. The maximum atomic E-state index is 12.9. The van der Waals surface area contributed by atoms with E-state index in [0.717, 1.165) is 12.1 Å². The number of anilines is 2. The van der Waals surface area contributed by atoms with E-state index in [1.807, 2.05) is 30.3 Å². The van der Waals surface area contributed by atoms with Crippen molar-refractivity contribution in [1.29, 1.82) is 0 Å². The predicted octanol–water partition coefficient (Wildman–Crippen LogP) is 5.26. The summed E-state index contributed by atoms with van der Waals surface area (Å²) in [5.74, 6) is 0.352. The van der Waals surface area contributed by atoms with Crippen LogP contribution in [0.3, 0.4) is 0 Å². The number of alkyl halides is 3. The average Bonchev–Trinajstić information content (AvgIpc) is 2.72. The molecule has 0 bridgehead atoms. The Hall–Kier alpha value is -3.48. The summed E-state index contributed by atoms with van der Waals surface area (Å²) in [6.07, 6.45) is -4.44. The third-order valence-electron chi connectivity index (χ3n) is 4.04. The quantitative estimate of drug-likeness (QED) is 0.532. The van der Waals surface area contributed by atoms with Gasteiger partial charge in [-0.2, -0.15) is 13.2 Å². The van der Waals surface area contributed by atoms with Gasteiger partial charge in [-0.3, -0.25) is 4.79 Å². The Labute approximate surface area is 166 Å². The standard InChI is InChI=1S/C22H19F3N2O2/c23-22(24,25)16-7-6-8-17(15-16)27-20-12-5-4-11-19(20)21(28)26-13-14-29-18-9-2-1-3-10-18/h1-12,15,27H,13-14H2,(H,26,28). The van der Waals surface area contributed by atoms with Crippen LogP contribution in [0.5, 0.6) is 5.75 Å². The second-order valence-electron chi connectivity index (χ2n) is 6.17. The van der Waals surface area contributed by atoms with E-state index >= 15 is 0 Å². The maximum Gasteiger partial charge on any atom is 0.416 e. The molecule has 0 aliphatic heterocycles. The number of para-hydroxylation sites is 2. The SMILES string of the molecule is O=C(NCCOc1ccccc1)c1ccccc1Nc1cccc(C(F)(F)F)c1. The van der Waals surface area contributed by atoms with Gasteiger partial charge >= 0.3 is 6.18 Å². The number of benzene rings is 3. The lowest BCUT2D eigenvalue weighted by molar-refractivity contribution is -0.137. The summed E-state index contributed by atoms with van der Waals surface area (Å²) in [7, 11) is 0. The van der Waals surface area contributed by atoms with Crippen molar-refractivity contribution in [2.75, 3.05) is 18.5 Å². The lowest BCUT2D eigenvalue weighted by Crippen LogP contribution is -2.28. The Balaban J connectivity index is 1.63. The smallest absolute Gasteiger partial charge is 0.416 e. The Kier molecular flexibility index (Phi) is 6.39. The molecule has 3 rings (SSSR count). The number of ether oxygens (including phenoxy) is 1. The summed E-state index contributed by atoms with van der Waals surface area (Å²) in [4.78, 5) is 12.5. The molecule has 3 aromatic rings. The van der Waals surface area contributed by atoms with Gasteiger partial charge in [0.25, 0.3) is 5.91 Å². The number of nitrogens with one attached hydrogen (secondary N) is 2. The first-order valence-electron chi connectivity index (χ1n) is 8.93. The number of hydrogen-bond donors (Lipinski definition) is 2. The van der Waals surface area contributed by atoms with Crippen molar-refractivity contribution in [3.8, 4) is 5.75 Å². The van der Waals surface area contributed by atoms with Crippen LogP contribution in [0.2, 0.25) is 0 Å². The van der Waals surface area contributed by atoms with Gasteiger partial charge in [0.2, 0.25) is 0 Å². The van der Waals surface area contributed by atoms with E-state index in [0.29, 0.717) is 23.6 Å². The monoisotopic (exact) mass is 400 g/mol. The van der Waals surface area contributed by atoms with Crippen molar-refractivity contribution in [1.82, 2.24) is 5.32 Å². The summed E-state index contributed by atoms with van der Waals surface area (Å²) in [5, 5.41) is 5.64. The second-order valence-corrected chi connectivity index (χ2v) is 6.17. The van der Waals surface area contributed by atoms with Crippen molar-refractivity contribution < 1.29 is 22.7 Å². The van der Waals surface area contributed by atoms with Crippen LogP contribution in [-0.2, 0) is 6.18 Å². The molecular weight excluding hydrogens is 381 g/mol. The van der Waals surface area contributed by atoms with E-state index in [4.69, 9.17) is 4.74 Å². The van der Waals surface area contributed by atoms with E-state index in [2.05, 4.69) is 10.6 Å². The molecule has 0 spiro atoms. The molecule has 3 aromatic carbocycles. The molecule has 0 radical (unpaired) electrons. The first-order chi connectivity index (χ1) is 13.9. The Morgan fingerprint density at radius 3 is 2.38 bits per heavy atom. The molecule has 29 heavy (non-hydrogen) atoms. The molecular formula is C22H19F3N2O2. The fourth-order valence-electron chi connectivity index (χ4n) is 2.66. The molecule has 0 saturated carbocycles. The molecule has 150 valence electrons. The van der Waals surface area contributed by atoms with Crippen LogP contribution in [0, 0.1) is 0 Å². The summed E-state index contributed by atoms with van der Waals surface area (Å²) in [6.45, 7) is 0.574. The lowest BCUT2D eigenvalue weighted by Gasteiger charge is -2.14. The van der Waals surface area contributed by atoms with Crippen LogP contribution in [0.1, 0.15) is 15.9 Å². The molecule has 0 fully saturated rings. The number of carbonyl (C=O) groups excluding carboxylic acids is 1. The highest BCUT2D eigenvalue weighted by molar-refractivity contribution is 6.00. The number of halogens is 3. The summed E-state index contributed by atoms with van der Waals surface area (Å²) in [6, 6.07) is 20.7. The van der Waals surface area contributed by atoms with Crippen LogP contribution in [0.25, 0.3) is 0 Å². The Bertz CT molecular complexity index is 960. The first-order valence-corrected chi connectivity index (χ1v) is 8.93. The molecule has 0 unspecified atom stereocenters. The summed E-state index contributed by atoms with van der Waals surface area (Å²) >= 11 is 0. The topological polar surface area (TPSA) is 50.4 Å². The van der Waals surface area contributed by atoms with E-state index in [9.17, 15) is 18.0 Å². The molecule has 7 heteroatoms. The van der Waals surface area contributed by atoms with Crippen molar-refractivity contribution in [2.45, 2.75) is 6.18 Å². The third kappa shape index (κ3) is 5.75. The molecule has 0 aromatic heterocycles. The number of carbonyl (C=O) groups is 1. The minimum Gasteiger partial charge on any atom is -0.492 e. The van der Waals surface area contributed by atoms with Crippen LogP contribution in [-0.4, -0.2) is 19.1 Å². The molecule has 1 amide bonds. The number of hydrogen-bond acceptors (Lipinski definition) is 3. The molecule has 0 heterocycles. The molecule has 0 aliphatic rings. The third-order valence-corrected chi connectivity index (χ3v) is 4.04. The predicted molar refractivity (Wildman–Crippen MR) is 105 cm³/mol. The molecule has 2 N–H and O–H groups in total. The normalized spacial score (nSPS) is 11.0. The van der Waals surface area contributed by atoms with Gasteiger partial charge in [0.1, 0.15) is 12.4 Å². The largest absolute Gasteiger partial charge is 0.492 e. The van der Waals surface area contributed by atoms with Crippen molar-refractivity contribution in [3.05, 3.63) is 90.0 Å². The lowest BCUT2D eigenvalue weighted by atomic mass is 10.1. The van der Waals surface area contributed by atoms with E-state index in [1.54, 1.807) is 24.3 Å². The summed E-state index contributed by atoms with van der Waals surface area (Å²) in [5.41, 5.74) is 0.216. The highest BCUT2D eigenvalue weighted by Crippen LogP contribution is 2.31. The molecule has 0 saturated heterocycles. The van der Waals surface area contributed by atoms with E-state index < -0.39 is 11.7 Å². The van der Waals surface area contributed by atoms with Crippen LogP contribution >= 0.6 is 0 Å². The van der Waals surface area contributed by atoms with Crippen molar-refractivity contribution in [3.63, 3.8) is 0 Å². The summed E-state index contributed by atoms with van der Waals surface area (Å²) < 4.78 is 44.2. The highest BCUT2D eigenvalue weighted by atomic mass is 19.4. The number of rotatable bonds is 7. The zero-order valence-electron chi connectivity index (χ0n) is 15.4. The van der Waals surface area contributed by atoms with Crippen molar-refractivity contribution >= 4 is 17.3 Å². The van der Waals surface area contributed by atoms with Crippen LogP contribution in [0.15, 0.2) is 78.9 Å². The Morgan fingerprint density at radius 1 is 0.897 bits per heavy atom. The zero-order chi connectivity index (χ0) is 20.7.